The predicted octanol–water partition coefficient (Wildman–Crippen LogP) is 5.52. The monoisotopic (exact) mass is 706 g/mol. The van der Waals surface area contributed by atoms with E-state index in [-0.39, 0.29) is 30.5 Å². The topological polar surface area (TPSA) is 126 Å². The number of fused-ring (bicyclic) bond motifs is 5. The largest absolute Gasteiger partial charge is 0.512 e. The Bertz CT molecular complexity index is 1920. The highest BCUT2D eigenvalue weighted by molar-refractivity contribution is 14.1. The number of aliphatic imine (C=N–C) groups is 3. The number of hydrogen-bond acceptors (Lipinski definition) is 8. The Morgan fingerprint density at radius 2 is 1.34 bits per heavy atom. The molecule has 4 aliphatic heterocycles. The minimum atomic E-state index is -0.308. The fourth-order valence-electron chi connectivity index (χ4n) is 5.76. The molecule has 0 aliphatic carbocycles. The minimum absolute atomic E-state index is 0.193. The van der Waals surface area contributed by atoms with Crippen molar-refractivity contribution in [3.05, 3.63) is 82.5 Å². The molecule has 5 rings (SSSR count). The fourth-order valence-corrected chi connectivity index (χ4v) is 6.31. The zero-order valence-corrected chi connectivity index (χ0v) is 28.1. The first kappa shape index (κ1) is 31.4. The maximum atomic E-state index is 12.1. The van der Waals surface area contributed by atoms with Crippen molar-refractivity contribution in [2.75, 3.05) is 14.2 Å². The van der Waals surface area contributed by atoms with Crippen LogP contribution >= 0.6 is 22.6 Å². The van der Waals surface area contributed by atoms with E-state index >= 15 is 0 Å². The highest BCUT2D eigenvalue weighted by atomic mass is 127. The van der Waals surface area contributed by atoms with E-state index in [0.717, 1.165) is 65.2 Å². The predicted molar refractivity (Wildman–Crippen MR) is 182 cm³/mol. The fraction of sp³-hybridized carbons (Fsp3) is 0.324. The Labute approximate surface area is 269 Å². The molecule has 0 amide bonds. The maximum absolute atomic E-state index is 12.1. The lowest BCUT2D eigenvalue weighted by molar-refractivity contribution is -0.141. The lowest BCUT2D eigenvalue weighted by Crippen LogP contribution is -2.27. The van der Waals surface area contributed by atoms with Gasteiger partial charge >= 0.3 is 11.9 Å². The van der Waals surface area contributed by atoms with Crippen molar-refractivity contribution in [2.24, 2.45) is 15.0 Å². The van der Waals surface area contributed by atoms with Crippen LogP contribution in [0.2, 0.25) is 0 Å². The van der Waals surface area contributed by atoms with Gasteiger partial charge in [0.25, 0.3) is 0 Å². The first-order chi connectivity index (χ1) is 20.9. The molecule has 0 saturated carbocycles. The van der Waals surface area contributed by atoms with Crippen molar-refractivity contribution < 1.29 is 24.2 Å². The summed E-state index contributed by atoms with van der Waals surface area (Å²) >= 11 is 2.32. The number of aromatic nitrogens is 1. The maximum Gasteiger partial charge on any atom is 0.305 e. The van der Waals surface area contributed by atoms with E-state index in [2.05, 4.69) is 27.6 Å². The van der Waals surface area contributed by atoms with Gasteiger partial charge in [0.1, 0.15) is 0 Å². The van der Waals surface area contributed by atoms with Crippen molar-refractivity contribution in [2.45, 2.75) is 60.3 Å². The Morgan fingerprint density at radius 1 is 0.773 bits per heavy atom. The molecule has 0 aromatic carbocycles. The number of nitrogens with zero attached hydrogens (tertiary/aromatic N) is 3. The molecule has 5 heterocycles. The highest BCUT2D eigenvalue weighted by Crippen LogP contribution is 2.37. The van der Waals surface area contributed by atoms with Gasteiger partial charge in [-0.2, -0.15) is 0 Å². The Hall–Kier alpha value is -4.06. The number of aromatic amines is 1. The quantitative estimate of drug-likeness (QED) is 0.298. The lowest BCUT2D eigenvalue weighted by atomic mass is 9.96. The van der Waals surface area contributed by atoms with Crippen LogP contribution < -0.4 is 10.6 Å². The smallest absolute Gasteiger partial charge is 0.305 e. The number of ether oxygens (including phenoxy) is 2. The highest BCUT2D eigenvalue weighted by Gasteiger charge is 2.27. The molecule has 10 heteroatoms. The summed E-state index contributed by atoms with van der Waals surface area (Å²) in [5.74, 6) is -0.412. The standard InChI is InChI=1S/C34H35IN4O5/c1-16-21(8-10-31(41)43-6)27-15-28-22(9-11-32(42)44-7)17(2)24(37-28)13-29-33(20(5)40)18(3)25(38-29)14-30-34(35)19(4)26(39-30)12-23(16)36-27/h12-15,38,40H,8-11H2,1-7H3/b23-12?,28-15?,29-13?,30-14?,33-20-. The average molecular weight is 707 g/mol. The van der Waals surface area contributed by atoms with Crippen LogP contribution in [0.5, 0.6) is 0 Å². The van der Waals surface area contributed by atoms with Crippen LogP contribution in [0.25, 0.3) is 17.9 Å². The molecule has 0 radical (unpaired) electrons. The number of allylic oxidation sites excluding steroid dienone is 8. The third-order valence-corrected chi connectivity index (χ3v) is 9.72. The molecule has 8 bridgehead atoms. The van der Waals surface area contributed by atoms with Gasteiger partial charge in [-0.3, -0.25) is 9.59 Å². The summed E-state index contributed by atoms with van der Waals surface area (Å²) < 4.78 is 10.9. The van der Waals surface area contributed by atoms with Crippen molar-refractivity contribution in [1.29, 1.82) is 0 Å². The molecule has 0 atom stereocenters. The number of rotatable bonds is 6. The second-order valence-corrected chi connectivity index (χ2v) is 12.1. The normalized spacial score (nSPS) is 18.4. The zero-order valence-electron chi connectivity index (χ0n) is 25.9. The van der Waals surface area contributed by atoms with E-state index in [9.17, 15) is 14.7 Å². The Balaban J connectivity index is 1.80. The molecule has 228 valence electrons. The van der Waals surface area contributed by atoms with Gasteiger partial charge in [0.15, 0.2) is 0 Å². The third-order valence-electron chi connectivity index (χ3n) is 8.36. The van der Waals surface area contributed by atoms with Crippen LogP contribution in [-0.2, 0) is 19.1 Å². The van der Waals surface area contributed by atoms with E-state index in [1.807, 2.05) is 52.0 Å². The molecular weight excluding hydrogens is 671 g/mol. The minimum Gasteiger partial charge on any atom is -0.512 e. The summed E-state index contributed by atoms with van der Waals surface area (Å²) in [6.45, 7) is 9.67. The Morgan fingerprint density at radius 3 is 1.98 bits per heavy atom. The summed E-state index contributed by atoms with van der Waals surface area (Å²) in [4.78, 5) is 42.8. The molecule has 0 spiro atoms. The van der Waals surface area contributed by atoms with Gasteiger partial charge in [-0.05, 0) is 128 Å². The van der Waals surface area contributed by atoms with E-state index in [4.69, 9.17) is 24.5 Å². The van der Waals surface area contributed by atoms with E-state index < -0.39 is 0 Å². The van der Waals surface area contributed by atoms with Crippen molar-refractivity contribution in [3.63, 3.8) is 0 Å². The molecule has 4 aliphatic rings. The first-order valence-electron chi connectivity index (χ1n) is 14.4. The molecule has 0 fully saturated rings. The summed E-state index contributed by atoms with van der Waals surface area (Å²) in [5.41, 5.74) is 11.0. The summed E-state index contributed by atoms with van der Waals surface area (Å²) in [6, 6.07) is 0. The Kier molecular flexibility index (Phi) is 8.92. The number of methoxy groups -OCH3 is 2. The number of nitrogens with one attached hydrogen (secondary N) is 1. The van der Waals surface area contributed by atoms with Crippen LogP contribution in [0, 0.1) is 6.92 Å². The van der Waals surface area contributed by atoms with Crippen molar-refractivity contribution in [3.8, 4) is 0 Å². The van der Waals surface area contributed by atoms with Gasteiger partial charge < -0.3 is 19.6 Å². The van der Waals surface area contributed by atoms with E-state index in [1.54, 1.807) is 6.92 Å². The molecule has 0 saturated heterocycles. The third kappa shape index (κ3) is 5.87. The van der Waals surface area contributed by atoms with Crippen molar-refractivity contribution >= 4 is 69.6 Å². The molecule has 9 nitrogen and oxygen atoms in total. The molecule has 1 aromatic heterocycles. The number of esters is 2. The molecule has 0 unspecified atom stereocenters. The first-order valence-corrected chi connectivity index (χ1v) is 15.4. The molecular formula is C34H35IN4O5. The molecule has 1 aromatic rings. The van der Waals surface area contributed by atoms with Gasteiger partial charge in [0, 0.05) is 27.3 Å². The summed E-state index contributed by atoms with van der Waals surface area (Å²) in [5, 5.41) is 12.1. The second kappa shape index (κ2) is 12.5. The van der Waals surface area contributed by atoms with Gasteiger partial charge in [-0.15, -0.1) is 0 Å². The number of aliphatic hydroxyl groups is 1. The number of carbonyl (C=O) groups excluding carboxylic acids is 2. The number of halogens is 1. The van der Waals surface area contributed by atoms with Crippen molar-refractivity contribution in [1.82, 2.24) is 4.98 Å². The number of aliphatic hydroxyl groups excluding tert-OH is 1. The van der Waals surface area contributed by atoms with Crippen LogP contribution in [0.1, 0.15) is 64.6 Å². The number of H-pyrrole nitrogens is 1. The van der Waals surface area contributed by atoms with Gasteiger partial charge in [0.2, 0.25) is 0 Å². The van der Waals surface area contributed by atoms with Crippen LogP contribution in [0.15, 0.2) is 75.7 Å². The van der Waals surface area contributed by atoms with Gasteiger partial charge in [-0.1, -0.05) is 0 Å². The number of hydrogen-bond donors (Lipinski definition) is 2. The molecule has 44 heavy (non-hydrogen) atoms. The van der Waals surface area contributed by atoms with Crippen LogP contribution in [-0.4, -0.2) is 53.4 Å². The van der Waals surface area contributed by atoms with Gasteiger partial charge in [0.05, 0.1) is 59.6 Å². The van der Waals surface area contributed by atoms with Crippen LogP contribution in [0.4, 0.5) is 0 Å². The molecule has 2 N–H and O–H groups in total. The van der Waals surface area contributed by atoms with Crippen LogP contribution in [0.3, 0.4) is 0 Å². The second-order valence-electron chi connectivity index (χ2n) is 11.1. The van der Waals surface area contributed by atoms with Gasteiger partial charge in [-0.25, -0.2) is 15.0 Å². The SMILES string of the molecule is COC(=O)CCC1=C(C)C2=NC1=CC1=NC(=CC3=NC(=Cc4[nH]c(/c(=C(/C)O)c4C)=C2)C(I)=C3C)C(C)=C1CCC(=O)OC. The lowest BCUT2D eigenvalue weighted by Gasteiger charge is -2.08. The van der Waals surface area contributed by atoms with E-state index in [0.29, 0.717) is 35.2 Å². The van der Waals surface area contributed by atoms with E-state index in [1.165, 1.54) is 14.2 Å². The average Bonchev–Trinajstić information content (AvgIpc) is 3.64. The summed E-state index contributed by atoms with van der Waals surface area (Å²) in [7, 11) is 2.76. The zero-order chi connectivity index (χ0) is 31.9. The number of carbonyl (C=O) groups is 2. The summed E-state index contributed by atoms with van der Waals surface area (Å²) in [6.07, 6.45) is 9.14.